The summed E-state index contributed by atoms with van der Waals surface area (Å²) in [6, 6.07) is 0.406. The maximum atomic E-state index is 12.4. The highest BCUT2D eigenvalue weighted by Gasteiger charge is 2.31. The Morgan fingerprint density at radius 1 is 1.00 bits per heavy atom. The molecule has 0 aromatic rings. The summed E-state index contributed by atoms with van der Waals surface area (Å²) < 4.78 is 0. The van der Waals surface area contributed by atoms with Gasteiger partial charge in [0.15, 0.2) is 0 Å². The molecule has 0 saturated heterocycles. The van der Waals surface area contributed by atoms with Crippen molar-refractivity contribution in [2.75, 3.05) is 13.2 Å². The topological polar surface area (TPSA) is 40.5 Å². The Bertz CT molecular complexity index is 243. The van der Waals surface area contributed by atoms with Gasteiger partial charge in [-0.05, 0) is 25.7 Å². The lowest BCUT2D eigenvalue weighted by Crippen LogP contribution is -2.45. The molecular formula is C14H25NO2. The number of rotatable bonds is 4. The van der Waals surface area contributed by atoms with E-state index in [0.29, 0.717) is 18.5 Å². The van der Waals surface area contributed by atoms with Gasteiger partial charge in [0.05, 0.1) is 6.61 Å². The Balaban J connectivity index is 1.96. The first-order valence-corrected chi connectivity index (χ1v) is 7.24. The Labute approximate surface area is 104 Å². The lowest BCUT2D eigenvalue weighted by molar-refractivity contribution is -0.139. The van der Waals surface area contributed by atoms with Crippen molar-refractivity contribution in [3.05, 3.63) is 0 Å². The average molecular weight is 239 g/mol. The van der Waals surface area contributed by atoms with Gasteiger partial charge >= 0.3 is 0 Å². The summed E-state index contributed by atoms with van der Waals surface area (Å²) in [7, 11) is 0. The van der Waals surface area contributed by atoms with Crippen molar-refractivity contribution in [1.82, 2.24) is 4.90 Å². The minimum absolute atomic E-state index is 0.106. The molecule has 2 fully saturated rings. The van der Waals surface area contributed by atoms with E-state index >= 15 is 0 Å². The number of carbonyl (C=O) groups is 1. The van der Waals surface area contributed by atoms with E-state index in [-0.39, 0.29) is 12.5 Å². The summed E-state index contributed by atoms with van der Waals surface area (Å²) in [5.74, 6) is 0.576. The van der Waals surface area contributed by atoms with Crippen LogP contribution < -0.4 is 0 Å². The first-order chi connectivity index (χ1) is 8.33. The van der Waals surface area contributed by atoms with Gasteiger partial charge in [0.2, 0.25) is 5.91 Å². The molecule has 2 rings (SSSR count). The first-order valence-electron chi connectivity index (χ1n) is 7.24. The minimum Gasteiger partial charge on any atom is -0.395 e. The Morgan fingerprint density at radius 3 is 2.18 bits per heavy atom. The highest BCUT2D eigenvalue weighted by molar-refractivity contribution is 5.79. The van der Waals surface area contributed by atoms with E-state index in [1.54, 1.807) is 0 Å². The maximum absolute atomic E-state index is 12.4. The second kappa shape index (κ2) is 6.39. The van der Waals surface area contributed by atoms with Crippen LogP contribution >= 0.6 is 0 Å². The predicted octanol–water partition coefficient (Wildman–Crippen LogP) is 2.33. The predicted molar refractivity (Wildman–Crippen MR) is 67.6 cm³/mol. The van der Waals surface area contributed by atoms with Crippen LogP contribution in [0.4, 0.5) is 0 Å². The first kappa shape index (κ1) is 12.9. The Kier molecular flexibility index (Phi) is 4.84. The summed E-state index contributed by atoms with van der Waals surface area (Å²) >= 11 is 0. The molecular weight excluding hydrogens is 214 g/mol. The second-order valence-corrected chi connectivity index (χ2v) is 5.53. The van der Waals surface area contributed by atoms with Crippen LogP contribution in [0.3, 0.4) is 0 Å². The molecule has 3 heteroatoms. The lowest BCUT2D eigenvalue weighted by Gasteiger charge is -2.35. The van der Waals surface area contributed by atoms with Crippen LogP contribution in [-0.2, 0) is 4.79 Å². The van der Waals surface area contributed by atoms with E-state index in [2.05, 4.69) is 0 Å². The number of aliphatic hydroxyl groups is 1. The van der Waals surface area contributed by atoms with E-state index < -0.39 is 0 Å². The molecule has 0 radical (unpaired) electrons. The number of hydrogen-bond donors (Lipinski definition) is 1. The van der Waals surface area contributed by atoms with Gasteiger partial charge in [0, 0.05) is 18.5 Å². The molecule has 1 amide bonds. The van der Waals surface area contributed by atoms with Gasteiger partial charge in [-0.1, -0.05) is 32.1 Å². The van der Waals surface area contributed by atoms with Crippen molar-refractivity contribution in [2.24, 2.45) is 5.92 Å². The van der Waals surface area contributed by atoms with Gasteiger partial charge < -0.3 is 10.0 Å². The maximum Gasteiger partial charge on any atom is 0.226 e. The Morgan fingerprint density at radius 2 is 1.59 bits per heavy atom. The van der Waals surface area contributed by atoms with Gasteiger partial charge in [0.25, 0.3) is 0 Å². The summed E-state index contributed by atoms with van der Waals surface area (Å²) in [6.45, 7) is 0.648. The Hall–Kier alpha value is -0.570. The van der Waals surface area contributed by atoms with Crippen LogP contribution in [0.1, 0.15) is 57.8 Å². The highest BCUT2D eigenvalue weighted by Crippen LogP contribution is 2.30. The number of aliphatic hydroxyl groups excluding tert-OH is 1. The van der Waals surface area contributed by atoms with Gasteiger partial charge in [-0.25, -0.2) is 0 Å². The van der Waals surface area contributed by atoms with Gasteiger partial charge in [-0.3, -0.25) is 4.79 Å². The monoisotopic (exact) mass is 239 g/mol. The average Bonchev–Trinajstić information content (AvgIpc) is 2.90. The smallest absolute Gasteiger partial charge is 0.226 e. The molecule has 0 aromatic heterocycles. The molecule has 2 saturated carbocycles. The van der Waals surface area contributed by atoms with E-state index in [9.17, 15) is 4.79 Å². The van der Waals surface area contributed by atoms with Gasteiger partial charge in [-0.15, -0.1) is 0 Å². The number of carbonyl (C=O) groups excluding carboxylic acids is 1. The third-order valence-corrected chi connectivity index (χ3v) is 4.34. The molecule has 2 aliphatic rings. The summed E-state index contributed by atoms with van der Waals surface area (Å²) in [4.78, 5) is 14.4. The van der Waals surface area contributed by atoms with E-state index in [1.807, 2.05) is 4.90 Å². The molecule has 0 spiro atoms. The van der Waals surface area contributed by atoms with E-state index in [0.717, 1.165) is 25.7 Å². The minimum atomic E-state index is 0.106. The molecule has 0 heterocycles. The molecule has 98 valence electrons. The zero-order chi connectivity index (χ0) is 12.1. The second-order valence-electron chi connectivity index (χ2n) is 5.53. The van der Waals surface area contributed by atoms with Crippen LogP contribution in [0, 0.1) is 5.92 Å². The number of hydrogen-bond acceptors (Lipinski definition) is 2. The highest BCUT2D eigenvalue weighted by atomic mass is 16.3. The van der Waals surface area contributed by atoms with Crippen molar-refractivity contribution in [3.8, 4) is 0 Å². The fourth-order valence-electron chi connectivity index (χ4n) is 3.38. The van der Waals surface area contributed by atoms with Crippen molar-refractivity contribution >= 4 is 5.91 Å². The quantitative estimate of drug-likeness (QED) is 0.818. The van der Waals surface area contributed by atoms with Crippen LogP contribution in [0.15, 0.2) is 0 Å². The third-order valence-electron chi connectivity index (χ3n) is 4.34. The van der Waals surface area contributed by atoms with Crippen LogP contribution in [0.25, 0.3) is 0 Å². The summed E-state index contributed by atoms with van der Waals surface area (Å²) in [5, 5.41) is 9.17. The normalized spacial score (nSPS) is 22.9. The molecule has 17 heavy (non-hydrogen) atoms. The van der Waals surface area contributed by atoms with Crippen LogP contribution in [-0.4, -0.2) is 35.1 Å². The van der Waals surface area contributed by atoms with Crippen molar-refractivity contribution < 1.29 is 9.90 Å². The van der Waals surface area contributed by atoms with E-state index in [4.69, 9.17) is 5.11 Å². The zero-order valence-corrected chi connectivity index (χ0v) is 10.7. The molecule has 0 unspecified atom stereocenters. The van der Waals surface area contributed by atoms with Gasteiger partial charge in [-0.2, -0.15) is 0 Å². The fourth-order valence-corrected chi connectivity index (χ4v) is 3.38. The van der Waals surface area contributed by atoms with Gasteiger partial charge in [0.1, 0.15) is 0 Å². The molecule has 0 aromatic carbocycles. The molecule has 0 bridgehead atoms. The summed E-state index contributed by atoms with van der Waals surface area (Å²) in [6.07, 6.45) is 10.6. The largest absolute Gasteiger partial charge is 0.395 e. The third kappa shape index (κ3) is 3.21. The van der Waals surface area contributed by atoms with E-state index in [1.165, 1.54) is 32.1 Å². The molecule has 3 nitrogen and oxygen atoms in total. The lowest BCUT2D eigenvalue weighted by atomic mass is 9.93. The molecule has 0 aliphatic heterocycles. The van der Waals surface area contributed by atoms with Crippen LogP contribution in [0.5, 0.6) is 0 Å². The number of amides is 1. The SMILES string of the molecule is O=C(C1CCCC1)N(CCO)C1CCCCC1. The standard InChI is InChI=1S/C14H25NO2/c16-11-10-15(13-8-2-1-3-9-13)14(17)12-6-4-5-7-12/h12-13,16H,1-11H2. The molecule has 2 aliphatic carbocycles. The number of nitrogens with zero attached hydrogens (tertiary/aromatic N) is 1. The van der Waals surface area contributed by atoms with Crippen LogP contribution in [0.2, 0.25) is 0 Å². The van der Waals surface area contributed by atoms with Crippen molar-refractivity contribution in [1.29, 1.82) is 0 Å². The summed E-state index contributed by atoms with van der Waals surface area (Å²) in [5.41, 5.74) is 0. The fraction of sp³-hybridized carbons (Fsp3) is 0.929. The molecule has 1 N–H and O–H groups in total. The molecule has 0 atom stereocenters. The van der Waals surface area contributed by atoms with Crippen molar-refractivity contribution in [2.45, 2.75) is 63.8 Å². The van der Waals surface area contributed by atoms with Crippen molar-refractivity contribution in [3.63, 3.8) is 0 Å². The zero-order valence-electron chi connectivity index (χ0n) is 10.7.